The molecule has 2 atom stereocenters. The van der Waals surface area contributed by atoms with E-state index in [2.05, 4.69) is 37.1 Å². The SMILES string of the molecule is CCC.CCC1CNCC(c2cccnc2)C1. The highest BCUT2D eigenvalue weighted by Crippen LogP contribution is 2.27. The second kappa shape index (κ2) is 8.24. The van der Waals surface area contributed by atoms with Crippen LogP contribution < -0.4 is 5.32 Å². The molecule has 96 valence electrons. The Morgan fingerprint density at radius 2 is 2.06 bits per heavy atom. The smallest absolute Gasteiger partial charge is 0.0303 e. The Hall–Kier alpha value is -0.890. The minimum Gasteiger partial charge on any atom is -0.316 e. The summed E-state index contributed by atoms with van der Waals surface area (Å²) < 4.78 is 0. The number of piperidine rings is 1. The first kappa shape index (κ1) is 14.2. The van der Waals surface area contributed by atoms with Crippen LogP contribution in [0.4, 0.5) is 0 Å². The van der Waals surface area contributed by atoms with Gasteiger partial charge in [-0.05, 0) is 36.4 Å². The van der Waals surface area contributed by atoms with E-state index in [1.807, 2.05) is 18.5 Å². The van der Waals surface area contributed by atoms with Crippen molar-refractivity contribution in [1.82, 2.24) is 10.3 Å². The Morgan fingerprint density at radius 3 is 2.65 bits per heavy atom. The zero-order valence-corrected chi connectivity index (χ0v) is 11.4. The number of nitrogens with one attached hydrogen (secondary N) is 1. The van der Waals surface area contributed by atoms with E-state index in [9.17, 15) is 0 Å². The van der Waals surface area contributed by atoms with Gasteiger partial charge in [0.2, 0.25) is 0 Å². The van der Waals surface area contributed by atoms with Gasteiger partial charge in [0.15, 0.2) is 0 Å². The summed E-state index contributed by atoms with van der Waals surface area (Å²) in [5.41, 5.74) is 1.39. The lowest BCUT2D eigenvalue weighted by molar-refractivity contribution is 0.333. The first-order valence-electron chi connectivity index (χ1n) is 6.92. The third-order valence-electron chi connectivity index (χ3n) is 3.17. The molecule has 17 heavy (non-hydrogen) atoms. The van der Waals surface area contributed by atoms with Crippen molar-refractivity contribution < 1.29 is 0 Å². The molecule has 2 nitrogen and oxygen atoms in total. The van der Waals surface area contributed by atoms with Gasteiger partial charge in [0, 0.05) is 18.9 Å². The van der Waals surface area contributed by atoms with E-state index in [4.69, 9.17) is 0 Å². The summed E-state index contributed by atoms with van der Waals surface area (Å²) in [5, 5.41) is 3.51. The summed E-state index contributed by atoms with van der Waals surface area (Å²) in [5.74, 6) is 1.51. The highest BCUT2D eigenvalue weighted by molar-refractivity contribution is 5.16. The van der Waals surface area contributed by atoms with Crippen molar-refractivity contribution in [2.45, 2.75) is 46.0 Å². The van der Waals surface area contributed by atoms with Gasteiger partial charge in [-0.3, -0.25) is 4.98 Å². The summed E-state index contributed by atoms with van der Waals surface area (Å²) in [6.07, 6.45) is 7.69. The highest BCUT2D eigenvalue weighted by atomic mass is 14.9. The highest BCUT2D eigenvalue weighted by Gasteiger charge is 2.21. The second-order valence-electron chi connectivity index (χ2n) is 4.86. The molecule has 0 saturated carbocycles. The number of hydrogen-bond acceptors (Lipinski definition) is 2. The van der Waals surface area contributed by atoms with E-state index in [-0.39, 0.29) is 0 Å². The summed E-state index contributed by atoms with van der Waals surface area (Å²) in [4.78, 5) is 4.18. The van der Waals surface area contributed by atoms with E-state index in [0.717, 1.165) is 12.5 Å². The van der Waals surface area contributed by atoms with E-state index in [0.29, 0.717) is 5.92 Å². The van der Waals surface area contributed by atoms with Crippen LogP contribution in [0.3, 0.4) is 0 Å². The standard InChI is InChI=1S/C12H18N2.C3H8/c1-2-10-6-12(9-14-7-10)11-4-3-5-13-8-11;1-3-2/h3-5,8,10,12,14H,2,6-7,9H2,1H3;3H2,1-2H3. The van der Waals surface area contributed by atoms with E-state index in [1.54, 1.807) is 0 Å². The van der Waals surface area contributed by atoms with Crippen molar-refractivity contribution in [2.24, 2.45) is 5.92 Å². The minimum atomic E-state index is 0.669. The van der Waals surface area contributed by atoms with Crippen LogP contribution in [0.5, 0.6) is 0 Å². The third kappa shape index (κ3) is 4.86. The van der Waals surface area contributed by atoms with Crippen LogP contribution in [-0.2, 0) is 0 Å². The number of hydrogen-bond donors (Lipinski definition) is 1. The van der Waals surface area contributed by atoms with Crippen LogP contribution >= 0.6 is 0 Å². The Kier molecular flexibility index (Phi) is 6.87. The average Bonchev–Trinajstić information content (AvgIpc) is 2.41. The molecule has 0 amide bonds. The van der Waals surface area contributed by atoms with Crippen molar-refractivity contribution in [3.05, 3.63) is 30.1 Å². The number of pyridine rings is 1. The maximum Gasteiger partial charge on any atom is 0.0303 e. The zero-order chi connectivity index (χ0) is 12.5. The minimum absolute atomic E-state index is 0.669. The summed E-state index contributed by atoms with van der Waals surface area (Å²) in [6, 6.07) is 4.22. The lowest BCUT2D eigenvalue weighted by Crippen LogP contribution is -2.34. The molecule has 0 spiro atoms. The fraction of sp³-hybridized carbons (Fsp3) is 0.667. The van der Waals surface area contributed by atoms with E-state index >= 15 is 0 Å². The van der Waals surface area contributed by atoms with Gasteiger partial charge in [-0.25, -0.2) is 0 Å². The molecule has 2 heteroatoms. The van der Waals surface area contributed by atoms with Crippen LogP contribution in [0.2, 0.25) is 0 Å². The summed E-state index contributed by atoms with van der Waals surface area (Å²) >= 11 is 0. The quantitative estimate of drug-likeness (QED) is 0.845. The molecule has 0 aliphatic carbocycles. The van der Waals surface area contributed by atoms with Crippen LogP contribution in [-0.4, -0.2) is 18.1 Å². The molecule has 1 fully saturated rings. The molecule has 1 aromatic heterocycles. The maximum absolute atomic E-state index is 4.18. The molecule has 1 N–H and O–H groups in total. The van der Waals surface area contributed by atoms with Gasteiger partial charge >= 0.3 is 0 Å². The van der Waals surface area contributed by atoms with Crippen molar-refractivity contribution >= 4 is 0 Å². The molecular weight excluding hydrogens is 208 g/mol. The monoisotopic (exact) mass is 234 g/mol. The van der Waals surface area contributed by atoms with E-state index in [1.165, 1.54) is 31.4 Å². The van der Waals surface area contributed by atoms with Crippen LogP contribution in [0, 0.1) is 5.92 Å². The molecule has 2 rings (SSSR count). The molecule has 0 aromatic carbocycles. The number of rotatable bonds is 2. The molecule has 1 saturated heterocycles. The molecule has 1 aromatic rings. The van der Waals surface area contributed by atoms with Crippen molar-refractivity contribution in [3.8, 4) is 0 Å². The van der Waals surface area contributed by atoms with Gasteiger partial charge < -0.3 is 5.32 Å². The molecule has 0 radical (unpaired) electrons. The van der Waals surface area contributed by atoms with E-state index < -0.39 is 0 Å². The van der Waals surface area contributed by atoms with Crippen molar-refractivity contribution in [1.29, 1.82) is 0 Å². The Labute approximate surface area is 106 Å². The normalized spacial score (nSPS) is 23.7. The average molecular weight is 234 g/mol. The van der Waals surface area contributed by atoms with Gasteiger partial charge in [-0.2, -0.15) is 0 Å². The van der Waals surface area contributed by atoms with Gasteiger partial charge in [-0.1, -0.05) is 39.7 Å². The Bertz CT molecular complexity index is 284. The van der Waals surface area contributed by atoms with Crippen molar-refractivity contribution in [2.75, 3.05) is 13.1 Å². The second-order valence-corrected chi connectivity index (χ2v) is 4.86. The van der Waals surface area contributed by atoms with Crippen molar-refractivity contribution in [3.63, 3.8) is 0 Å². The lowest BCUT2D eigenvalue weighted by Gasteiger charge is -2.29. The van der Waals surface area contributed by atoms with Crippen LogP contribution in [0.25, 0.3) is 0 Å². The Balaban J connectivity index is 0.000000437. The van der Waals surface area contributed by atoms with Gasteiger partial charge in [0.25, 0.3) is 0 Å². The molecule has 2 heterocycles. The fourth-order valence-electron chi connectivity index (χ4n) is 2.21. The molecule has 1 aliphatic rings. The largest absolute Gasteiger partial charge is 0.316 e. The van der Waals surface area contributed by atoms with Crippen LogP contribution in [0.1, 0.15) is 51.5 Å². The molecular formula is C15H26N2. The predicted molar refractivity (Wildman–Crippen MR) is 74.2 cm³/mol. The molecule has 1 aliphatic heterocycles. The van der Waals surface area contributed by atoms with Crippen LogP contribution in [0.15, 0.2) is 24.5 Å². The predicted octanol–water partition coefficient (Wildman–Crippen LogP) is 3.60. The lowest BCUT2D eigenvalue weighted by atomic mass is 9.85. The zero-order valence-electron chi connectivity index (χ0n) is 11.4. The van der Waals surface area contributed by atoms with Gasteiger partial charge in [-0.15, -0.1) is 0 Å². The third-order valence-corrected chi connectivity index (χ3v) is 3.17. The number of nitrogens with zero attached hydrogens (tertiary/aromatic N) is 1. The first-order chi connectivity index (χ1) is 8.31. The molecule has 2 unspecified atom stereocenters. The van der Waals surface area contributed by atoms with Gasteiger partial charge in [0.1, 0.15) is 0 Å². The topological polar surface area (TPSA) is 24.9 Å². The molecule has 0 bridgehead atoms. The summed E-state index contributed by atoms with van der Waals surface area (Å²) in [6.45, 7) is 8.83. The van der Waals surface area contributed by atoms with Gasteiger partial charge in [0.05, 0.1) is 0 Å². The fourth-order valence-corrected chi connectivity index (χ4v) is 2.21. The maximum atomic E-state index is 4.18. The number of aromatic nitrogens is 1. The Morgan fingerprint density at radius 1 is 1.29 bits per heavy atom. The first-order valence-corrected chi connectivity index (χ1v) is 6.92. The summed E-state index contributed by atoms with van der Waals surface area (Å²) in [7, 11) is 0.